The maximum atomic E-state index is 13.7. The van der Waals surface area contributed by atoms with Crippen LogP contribution in [0.25, 0.3) is 0 Å². The standard InChI is InChI=1S/C30H54N8O6/c1-17(2)15-21-27(42)35-20(11-8-9-13-31)26(41)34-18(3)24(29(44)37-30(5,6)7)38-14-10-12-22(38)28(43)32-16-23(39)33-19(4)25(40)36-21/h17-22,24H,8-16,31H2,1-7H3,(H,32,43)(H,33,39)(H,34,41)(H,35,42)(H,36,40)(H,37,44)/t18-,19-,20-,21-,22-,24-/m0/s1. The van der Waals surface area contributed by atoms with E-state index >= 15 is 0 Å². The average molecular weight is 623 g/mol. The van der Waals surface area contributed by atoms with Crippen LogP contribution < -0.4 is 37.6 Å². The third-order valence-corrected chi connectivity index (χ3v) is 7.68. The summed E-state index contributed by atoms with van der Waals surface area (Å²) in [6.07, 6.45) is 2.89. The molecule has 6 atom stereocenters. The van der Waals surface area contributed by atoms with Crippen molar-refractivity contribution >= 4 is 35.4 Å². The lowest BCUT2D eigenvalue weighted by atomic mass is 10.00. The van der Waals surface area contributed by atoms with E-state index in [1.165, 1.54) is 6.92 Å². The van der Waals surface area contributed by atoms with Gasteiger partial charge in [-0.15, -0.1) is 0 Å². The minimum atomic E-state index is -0.987. The number of carbonyl (C=O) groups excluding carboxylic acids is 6. The highest BCUT2D eigenvalue weighted by molar-refractivity contribution is 5.95. The van der Waals surface area contributed by atoms with Gasteiger partial charge in [0.1, 0.15) is 24.2 Å². The Balaban J connectivity index is 2.51. The lowest BCUT2D eigenvalue weighted by Crippen LogP contribution is -2.64. The number of amides is 6. The van der Waals surface area contributed by atoms with Crippen LogP contribution in [0, 0.1) is 5.92 Å². The average Bonchev–Trinajstić information content (AvgIpc) is 3.38. The van der Waals surface area contributed by atoms with Crippen molar-refractivity contribution in [2.45, 2.75) is 129 Å². The molecule has 0 saturated carbocycles. The summed E-state index contributed by atoms with van der Waals surface area (Å²) in [5.74, 6) is -2.89. The monoisotopic (exact) mass is 622 g/mol. The number of nitrogens with one attached hydrogen (secondary N) is 6. The van der Waals surface area contributed by atoms with Crippen molar-refractivity contribution in [1.29, 1.82) is 0 Å². The topological polar surface area (TPSA) is 204 Å². The quantitative estimate of drug-likeness (QED) is 0.175. The van der Waals surface area contributed by atoms with Gasteiger partial charge in [-0.2, -0.15) is 0 Å². The van der Waals surface area contributed by atoms with Crippen LogP contribution in [0.2, 0.25) is 0 Å². The molecule has 0 aromatic carbocycles. The molecule has 2 rings (SSSR count). The van der Waals surface area contributed by atoms with Crippen molar-refractivity contribution in [2.24, 2.45) is 11.7 Å². The van der Waals surface area contributed by atoms with E-state index in [2.05, 4.69) is 31.9 Å². The summed E-state index contributed by atoms with van der Waals surface area (Å²) in [5.41, 5.74) is 5.11. The van der Waals surface area contributed by atoms with Crippen LogP contribution in [0.1, 0.15) is 87.0 Å². The fourth-order valence-corrected chi connectivity index (χ4v) is 5.59. The predicted octanol–water partition coefficient (Wildman–Crippen LogP) is -0.982. The Morgan fingerprint density at radius 3 is 2.18 bits per heavy atom. The van der Waals surface area contributed by atoms with Crippen molar-refractivity contribution in [1.82, 2.24) is 36.8 Å². The zero-order valence-corrected chi connectivity index (χ0v) is 27.4. The first-order valence-electron chi connectivity index (χ1n) is 15.8. The maximum absolute atomic E-state index is 13.7. The highest BCUT2D eigenvalue weighted by Gasteiger charge is 2.43. The van der Waals surface area contributed by atoms with Gasteiger partial charge >= 0.3 is 0 Å². The molecule has 0 spiro atoms. The third kappa shape index (κ3) is 11.3. The second kappa shape index (κ2) is 16.7. The molecule has 0 radical (unpaired) electrons. The van der Waals surface area contributed by atoms with Crippen LogP contribution >= 0.6 is 0 Å². The predicted molar refractivity (Wildman–Crippen MR) is 166 cm³/mol. The third-order valence-electron chi connectivity index (χ3n) is 7.68. The smallest absolute Gasteiger partial charge is 0.243 e. The van der Waals surface area contributed by atoms with Crippen molar-refractivity contribution in [3.63, 3.8) is 0 Å². The molecule has 2 saturated heterocycles. The Morgan fingerprint density at radius 2 is 1.57 bits per heavy atom. The molecule has 0 aliphatic carbocycles. The van der Waals surface area contributed by atoms with Gasteiger partial charge in [0.2, 0.25) is 35.4 Å². The molecule has 14 nitrogen and oxygen atoms in total. The molecule has 14 heteroatoms. The number of carbonyl (C=O) groups is 6. The first kappa shape index (κ1) is 36.9. The van der Waals surface area contributed by atoms with E-state index in [1.54, 1.807) is 11.8 Å². The summed E-state index contributed by atoms with van der Waals surface area (Å²) >= 11 is 0. The van der Waals surface area contributed by atoms with Crippen LogP contribution in [0.15, 0.2) is 0 Å². The van der Waals surface area contributed by atoms with Gasteiger partial charge in [0.15, 0.2) is 0 Å². The molecule has 6 amide bonds. The van der Waals surface area contributed by atoms with E-state index in [-0.39, 0.29) is 18.4 Å². The van der Waals surface area contributed by atoms with Gasteiger partial charge in [-0.05, 0) is 92.2 Å². The number of hydrogen-bond donors (Lipinski definition) is 7. The Hall–Kier alpha value is -3.26. The lowest BCUT2D eigenvalue weighted by Gasteiger charge is -2.37. The van der Waals surface area contributed by atoms with Gasteiger partial charge < -0.3 is 37.6 Å². The van der Waals surface area contributed by atoms with Gasteiger partial charge in [0.05, 0.1) is 18.6 Å². The summed E-state index contributed by atoms with van der Waals surface area (Å²) in [4.78, 5) is 81.6. The van der Waals surface area contributed by atoms with E-state index in [0.717, 1.165) is 0 Å². The molecule has 250 valence electrons. The number of nitrogens with two attached hydrogens (primary N) is 1. The van der Waals surface area contributed by atoms with E-state index in [9.17, 15) is 28.8 Å². The van der Waals surface area contributed by atoms with Gasteiger partial charge in [-0.1, -0.05) is 13.8 Å². The van der Waals surface area contributed by atoms with E-state index < -0.39 is 71.3 Å². The van der Waals surface area contributed by atoms with E-state index in [1.807, 2.05) is 34.6 Å². The molecular formula is C30H54N8O6. The summed E-state index contributed by atoms with van der Waals surface area (Å²) < 4.78 is 0. The molecule has 8 N–H and O–H groups in total. The molecule has 2 fully saturated rings. The zero-order chi connectivity index (χ0) is 33.2. The van der Waals surface area contributed by atoms with Gasteiger partial charge in [-0.3, -0.25) is 33.7 Å². The van der Waals surface area contributed by atoms with Crippen molar-refractivity contribution in [2.75, 3.05) is 19.6 Å². The summed E-state index contributed by atoms with van der Waals surface area (Å²) in [5, 5.41) is 16.6. The van der Waals surface area contributed by atoms with Crippen LogP contribution in [-0.2, 0) is 28.8 Å². The normalized spacial score (nSPS) is 28.5. The van der Waals surface area contributed by atoms with Gasteiger partial charge in [0, 0.05) is 5.54 Å². The lowest BCUT2D eigenvalue weighted by molar-refractivity contribution is -0.136. The second-order valence-corrected chi connectivity index (χ2v) is 13.4. The van der Waals surface area contributed by atoms with Crippen LogP contribution in [0.4, 0.5) is 0 Å². The minimum absolute atomic E-state index is 0.0315. The molecule has 0 unspecified atom stereocenters. The van der Waals surface area contributed by atoms with Crippen molar-refractivity contribution in [3.8, 4) is 0 Å². The largest absolute Gasteiger partial charge is 0.350 e. The van der Waals surface area contributed by atoms with Gasteiger partial charge in [0.25, 0.3) is 0 Å². The molecule has 2 aliphatic heterocycles. The zero-order valence-electron chi connectivity index (χ0n) is 27.4. The second-order valence-electron chi connectivity index (χ2n) is 13.4. The SMILES string of the molecule is CC(C)C[C@@H]1NC(=O)[C@H](C)NC(=O)CNC(=O)[C@@H]2CCCN2[C@H](C(=O)NC(C)(C)C)[C@H](C)NC(=O)[C@H](CCCCN)NC1=O. The molecule has 2 aliphatic rings. The van der Waals surface area contributed by atoms with Crippen LogP contribution in [0.5, 0.6) is 0 Å². The maximum Gasteiger partial charge on any atom is 0.243 e. The fourth-order valence-electron chi connectivity index (χ4n) is 5.59. The summed E-state index contributed by atoms with van der Waals surface area (Å²) in [6, 6.07) is -5.27. The molecular weight excluding hydrogens is 568 g/mol. The first-order valence-corrected chi connectivity index (χ1v) is 15.8. The number of rotatable bonds is 7. The number of nitrogens with zero attached hydrogens (tertiary/aromatic N) is 1. The van der Waals surface area contributed by atoms with E-state index in [0.29, 0.717) is 51.6 Å². The Kier molecular flexibility index (Phi) is 14.0. The van der Waals surface area contributed by atoms with Crippen molar-refractivity contribution < 1.29 is 28.8 Å². The Bertz CT molecular complexity index is 1050. The Labute approximate surface area is 261 Å². The summed E-state index contributed by atoms with van der Waals surface area (Å²) in [6.45, 7) is 13.0. The number of hydrogen-bond acceptors (Lipinski definition) is 8. The number of fused-ring (bicyclic) bond motifs is 1. The fraction of sp³-hybridized carbons (Fsp3) is 0.800. The number of unbranched alkanes of at least 4 members (excludes halogenated alkanes) is 1. The van der Waals surface area contributed by atoms with Crippen LogP contribution in [-0.4, -0.2) is 102 Å². The van der Waals surface area contributed by atoms with Crippen LogP contribution in [0.3, 0.4) is 0 Å². The molecule has 0 bridgehead atoms. The Morgan fingerprint density at radius 1 is 0.932 bits per heavy atom. The molecule has 0 aromatic rings. The molecule has 44 heavy (non-hydrogen) atoms. The highest BCUT2D eigenvalue weighted by atomic mass is 16.2. The molecule has 0 aromatic heterocycles. The van der Waals surface area contributed by atoms with E-state index in [4.69, 9.17) is 5.73 Å². The minimum Gasteiger partial charge on any atom is -0.350 e. The van der Waals surface area contributed by atoms with Crippen molar-refractivity contribution in [3.05, 3.63) is 0 Å². The summed E-state index contributed by atoms with van der Waals surface area (Å²) in [7, 11) is 0. The first-order chi connectivity index (χ1) is 20.5. The highest BCUT2D eigenvalue weighted by Crippen LogP contribution is 2.23. The molecule has 2 heterocycles. The van der Waals surface area contributed by atoms with Gasteiger partial charge in [-0.25, -0.2) is 0 Å².